The molecule has 1 aliphatic heterocycles. The number of anilines is 1. The second-order valence-electron chi connectivity index (χ2n) is 8.54. The highest BCUT2D eigenvalue weighted by Crippen LogP contribution is 2.50. The van der Waals surface area contributed by atoms with Crippen molar-refractivity contribution in [3.05, 3.63) is 95.1 Å². The zero-order valence-electron chi connectivity index (χ0n) is 19.2. The molecule has 0 bridgehead atoms. The van der Waals surface area contributed by atoms with Crippen molar-refractivity contribution in [3.8, 4) is 0 Å². The monoisotopic (exact) mass is 540 g/mol. The third kappa shape index (κ3) is 5.63. The molecule has 3 aromatic carbocycles. The van der Waals surface area contributed by atoms with Gasteiger partial charge in [0.15, 0.2) is 0 Å². The standard InChI is InChI=1S/C26H22F6N2O2S/c27-25(28,29)24(36,26(30,31)32)18-6-8-19(9-7-18)34-23(35)22-21-11-10-20(14-17(21)12-13-33-22)37-15-16-4-2-1-3-5-16/h1-11,14,22,33,36H,12-13,15H2,(H,34,35). The zero-order chi connectivity index (χ0) is 26.8. The van der Waals surface area contributed by atoms with Crippen LogP contribution in [0.15, 0.2) is 77.7 Å². The van der Waals surface area contributed by atoms with Crippen molar-refractivity contribution in [1.29, 1.82) is 0 Å². The molecule has 1 amide bonds. The second-order valence-corrected chi connectivity index (χ2v) is 9.59. The number of thioether (sulfide) groups is 1. The highest BCUT2D eigenvalue weighted by Gasteiger charge is 2.71. The molecule has 1 aliphatic rings. The molecule has 196 valence electrons. The number of benzene rings is 3. The smallest absolute Gasteiger partial charge is 0.369 e. The molecule has 1 atom stereocenters. The van der Waals surface area contributed by atoms with Gasteiger partial charge in [-0.15, -0.1) is 11.8 Å². The first-order valence-corrected chi connectivity index (χ1v) is 12.2. The van der Waals surface area contributed by atoms with Crippen LogP contribution in [0.3, 0.4) is 0 Å². The lowest BCUT2D eigenvalue weighted by Gasteiger charge is -2.32. The lowest BCUT2D eigenvalue weighted by atomic mass is 9.92. The number of amides is 1. The van der Waals surface area contributed by atoms with E-state index >= 15 is 0 Å². The van der Waals surface area contributed by atoms with Gasteiger partial charge in [-0.3, -0.25) is 4.79 Å². The number of nitrogens with one attached hydrogen (secondary N) is 2. The summed E-state index contributed by atoms with van der Waals surface area (Å²) in [7, 11) is 0. The summed E-state index contributed by atoms with van der Waals surface area (Å²) in [6, 6.07) is 17.8. The number of aliphatic hydroxyl groups is 1. The van der Waals surface area contributed by atoms with Crippen LogP contribution in [0, 0.1) is 0 Å². The molecule has 3 aromatic rings. The Morgan fingerprint density at radius 2 is 1.59 bits per heavy atom. The summed E-state index contributed by atoms with van der Waals surface area (Å²) in [5.41, 5.74) is -3.53. The summed E-state index contributed by atoms with van der Waals surface area (Å²) in [6.07, 6.45) is -11.3. The lowest BCUT2D eigenvalue weighted by molar-refractivity contribution is -0.376. The van der Waals surface area contributed by atoms with E-state index in [2.05, 4.69) is 10.6 Å². The van der Waals surface area contributed by atoms with E-state index in [0.29, 0.717) is 25.1 Å². The second kappa shape index (κ2) is 10.4. The Hall–Kier alpha value is -3.02. The number of fused-ring (bicyclic) bond motifs is 1. The van der Waals surface area contributed by atoms with Crippen LogP contribution in [0.1, 0.15) is 28.3 Å². The van der Waals surface area contributed by atoms with Crippen LogP contribution in [0.2, 0.25) is 0 Å². The van der Waals surface area contributed by atoms with Gasteiger partial charge in [-0.25, -0.2) is 0 Å². The topological polar surface area (TPSA) is 61.4 Å². The molecule has 37 heavy (non-hydrogen) atoms. The van der Waals surface area contributed by atoms with E-state index in [4.69, 9.17) is 0 Å². The van der Waals surface area contributed by atoms with E-state index in [9.17, 15) is 36.2 Å². The maximum absolute atomic E-state index is 13.1. The highest BCUT2D eigenvalue weighted by atomic mass is 32.2. The van der Waals surface area contributed by atoms with Crippen LogP contribution in [0.5, 0.6) is 0 Å². The molecular weight excluding hydrogens is 518 g/mol. The zero-order valence-corrected chi connectivity index (χ0v) is 20.0. The van der Waals surface area contributed by atoms with E-state index in [-0.39, 0.29) is 5.69 Å². The molecule has 0 spiro atoms. The Bertz CT molecular complexity index is 1230. The Kier molecular flexibility index (Phi) is 7.59. The first-order valence-electron chi connectivity index (χ1n) is 11.2. The van der Waals surface area contributed by atoms with Crippen molar-refractivity contribution in [2.24, 2.45) is 0 Å². The highest BCUT2D eigenvalue weighted by molar-refractivity contribution is 7.98. The summed E-state index contributed by atoms with van der Waals surface area (Å²) >= 11 is 1.66. The number of carbonyl (C=O) groups is 1. The number of hydrogen-bond donors (Lipinski definition) is 3. The summed E-state index contributed by atoms with van der Waals surface area (Å²) in [6.45, 7) is 0.515. The molecule has 0 aromatic heterocycles. The minimum Gasteiger partial charge on any atom is -0.369 e. The quantitative estimate of drug-likeness (QED) is 0.261. The molecule has 1 heterocycles. The van der Waals surface area contributed by atoms with Crippen molar-refractivity contribution in [2.45, 2.75) is 41.1 Å². The molecule has 11 heteroatoms. The summed E-state index contributed by atoms with van der Waals surface area (Å²) in [4.78, 5) is 14.0. The van der Waals surface area contributed by atoms with E-state index in [1.165, 1.54) is 5.56 Å². The first kappa shape index (κ1) is 27.0. The van der Waals surface area contributed by atoms with Gasteiger partial charge >= 0.3 is 12.4 Å². The number of rotatable bonds is 6. The molecule has 0 aliphatic carbocycles. The van der Waals surface area contributed by atoms with Gasteiger partial charge in [0.25, 0.3) is 5.60 Å². The summed E-state index contributed by atoms with van der Waals surface area (Å²) in [5, 5.41) is 15.1. The molecular formula is C26H22F6N2O2S. The van der Waals surface area contributed by atoms with Gasteiger partial charge in [0.1, 0.15) is 6.04 Å². The fraction of sp³-hybridized carbons (Fsp3) is 0.269. The van der Waals surface area contributed by atoms with Gasteiger partial charge in [0.05, 0.1) is 0 Å². The normalized spacial score (nSPS) is 16.2. The fourth-order valence-corrected chi connectivity index (χ4v) is 5.02. The maximum atomic E-state index is 13.1. The Morgan fingerprint density at radius 3 is 2.22 bits per heavy atom. The van der Waals surface area contributed by atoms with Crippen LogP contribution in [-0.4, -0.2) is 29.9 Å². The largest absolute Gasteiger partial charge is 0.430 e. The van der Waals surface area contributed by atoms with Crippen molar-refractivity contribution >= 4 is 23.4 Å². The molecule has 0 saturated heterocycles. The molecule has 4 rings (SSSR count). The minimum absolute atomic E-state index is 0.00981. The van der Waals surface area contributed by atoms with Crippen LogP contribution >= 0.6 is 11.8 Å². The van der Waals surface area contributed by atoms with E-state index in [1.54, 1.807) is 11.8 Å². The van der Waals surface area contributed by atoms with Crippen molar-refractivity contribution in [3.63, 3.8) is 0 Å². The van der Waals surface area contributed by atoms with Gasteiger partial charge in [0.2, 0.25) is 5.91 Å². The summed E-state index contributed by atoms with van der Waals surface area (Å²) in [5.74, 6) is 0.274. The number of halogens is 6. The SMILES string of the molecule is O=C(Nc1ccc(C(O)(C(F)(F)F)C(F)(F)F)cc1)C1NCCc2cc(SCc3ccccc3)ccc21. The predicted octanol–water partition coefficient (Wildman–Crippen LogP) is 6.12. The van der Waals surface area contributed by atoms with Crippen molar-refractivity contribution < 1.29 is 36.2 Å². The molecule has 0 fully saturated rings. The molecule has 4 nitrogen and oxygen atoms in total. The number of carbonyl (C=O) groups excluding carboxylic acids is 1. The summed E-state index contributed by atoms with van der Waals surface area (Å²) < 4.78 is 78.6. The van der Waals surface area contributed by atoms with Crippen molar-refractivity contribution in [2.75, 3.05) is 11.9 Å². The van der Waals surface area contributed by atoms with Gasteiger partial charge in [-0.1, -0.05) is 48.5 Å². The Morgan fingerprint density at radius 1 is 0.946 bits per heavy atom. The molecule has 0 radical (unpaired) electrons. The van der Waals surface area contributed by atoms with Crippen LogP contribution in [-0.2, 0) is 22.6 Å². The van der Waals surface area contributed by atoms with E-state index in [1.807, 2.05) is 48.5 Å². The van der Waals surface area contributed by atoms with Gasteiger partial charge in [-0.2, -0.15) is 26.3 Å². The lowest BCUT2D eigenvalue weighted by Crippen LogP contribution is -2.53. The minimum atomic E-state index is -5.98. The van der Waals surface area contributed by atoms with Gasteiger partial charge < -0.3 is 15.7 Å². The van der Waals surface area contributed by atoms with Crippen LogP contribution in [0.4, 0.5) is 32.0 Å². The Balaban J connectivity index is 1.47. The molecule has 0 saturated carbocycles. The average molecular weight is 541 g/mol. The average Bonchev–Trinajstić information content (AvgIpc) is 2.86. The number of hydrogen-bond acceptors (Lipinski definition) is 4. The number of alkyl halides is 6. The third-order valence-corrected chi connectivity index (χ3v) is 7.13. The van der Waals surface area contributed by atoms with Crippen LogP contribution in [0.25, 0.3) is 0 Å². The fourth-order valence-electron chi connectivity index (χ4n) is 4.10. The predicted molar refractivity (Wildman–Crippen MR) is 128 cm³/mol. The van der Waals surface area contributed by atoms with Crippen molar-refractivity contribution in [1.82, 2.24) is 5.32 Å². The molecule has 3 N–H and O–H groups in total. The first-order chi connectivity index (χ1) is 17.4. The van der Waals surface area contributed by atoms with Crippen LogP contribution < -0.4 is 10.6 Å². The van der Waals surface area contributed by atoms with E-state index in [0.717, 1.165) is 33.9 Å². The molecule has 1 unspecified atom stereocenters. The van der Waals surface area contributed by atoms with Gasteiger partial charge in [-0.05, 0) is 47.4 Å². The maximum Gasteiger partial charge on any atom is 0.430 e. The Labute approximate surface area is 213 Å². The third-order valence-electron chi connectivity index (χ3n) is 6.07. The van der Waals surface area contributed by atoms with E-state index < -0.39 is 35.5 Å². The van der Waals surface area contributed by atoms with Gasteiger partial charge in [0, 0.05) is 28.4 Å².